The van der Waals surface area contributed by atoms with Crippen LogP contribution in [0.2, 0.25) is 5.02 Å². The van der Waals surface area contributed by atoms with E-state index < -0.39 is 0 Å². The van der Waals surface area contributed by atoms with E-state index in [9.17, 15) is 4.79 Å². The summed E-state index contributed by atoms with van der Waals surface area (Å²) in [7, 11) is 0. The summed E-state index contributed by atoms with van der Waals surface area (Å²) in [5.41, 5.74) is 1.91. The van der Waals surface area contributed by atoms with Gasteiger partial charge in [-0.05, 0) is 37.1 Å². The average molecular weight is 319 g/mol. The molecule has 2 rings (SSSR count). The zero-order valence-corrected chi connectivity index (χ0v) is 13.4. The van der Waals surface area contributed by atoms with E-state index in [0.717, 1.165) is 24.9 Å². The first-order chi connectivity index (χ1) is 10.6. The van der Waals surface area contributed by atoms with Crippen LogP contribution in [-0.2, 0) is 0 Å². The number of unbranched alkanes of at least 4 members (excludes halogenated alkanes) is 1. The second-order valence-corrected chi connectivity index (χ2v) is 5.37. The summed E-state index contributed by atoms with van der Waals surface area (Å²) in [6.07, 6.45) is 3.68. The number of amides is 1. The molecule has 0 spiro atoms. The van der Waals surface area contributed by atoms with Crippen LogP contribution < -0.4 is 10.6 Å². The Hall–Kier alpha value is -2.14. The summed E-state index contributed by atoms with van der Waals surface area (Å²) < 4.78 is 0. The summed E-state index contributed by atoms with van der Waals surface area (Å²) >= 11 is 6.05. The van der Waals surface area contributed by atoms with E-state index in [-0.39, 0.29) is 5.91 Å². The number of anilines is 2. The molecule has 0 aliphatic carbocycles. The van der Waals surface area contributed by atoms with E-state index >= 15 is 0 Å². The number of hydrogen-bond donors (Lipinski definition) is 2. The molecule has 0 aliphatic rings. The fourth-order valence-electron chi connectivity index (χ4n) is 1.81. The lowest BCUT2D eigenvalue weighted by atomic mass is 10.2. The molecule has 0 aliphatic heterocycles. The van der Waals surface area contributed by atoms with E-state index in [1.807, 2.05) is 13.0 Å². The lowest BCUT2D eigenvalue weighted by Gasteiger charge is -2.08. The third-order valence-electron chi connectivity index (χ3n) is 3.13. The van der Waals surface area contributed by atoms with Crippen molar-refractivity contribution in [3.05, 3.63) is 46.7 Å². The molecule has 0 saturated heterocycles. The van der Waals surface area contributed by atoms with Crippen molar-refractivity contribution < 1.29 is 4.79 Å². The molecule has 1 amide bonds. The first-order valence-corrected chi connectivity index (χ1v) is 7.62. The van der Waals surface area contributed by atoms with E-state index in [4.69, 9.17) is 11.6 Å². The van der Waals surface area contributed by atoms with Crippen molar-refractivity contribution in [2.24, 2.45) is 0 Å². The highest BCUT2D eigenvalue weighted by Crippen LogP contribution is 2.20. The van der Waals surface area contributed by atoms with Crippen molar-refractivity contribution in [2.45, 2.75) is 26.7 Å². The normalized spacial score (nSPS) is 10.3. The molecule has 0 unspecified atom stereocenters. The number of nitrogens with one attached hydrogen (secondary N) is 2. The quantitative estimate of drug-likeness (QED) is 0.793. The minimum atomic E-state index is -0.291. The molecule has 1 aromatic heterocycles. The van der Waals surface area contributed by atoms with Gasteiger partial charge in [0, 0.05) is 23.5 Å². The Morgan fingerprint density at radius 3 is 2.86 bits per heavy atom. The van der Waals surface area contributed by atoms with Gasteiger partial charge in [0.05, 0.1) is 0 Å². The predicted molar refractivity (Wildman–Crippen MR) is 89.6 cm³/mol. The molecule has 0 radical (unpaired) electrons. The Labute approximate surface area is 135 Å². The van der Waals surface area contributed by atoms with E-state index in [1.54, 1.807) is 24.4 Å². The molecule has 5 nitrogen and oxygen atoms in total. The average Bonchev–Trinajstić information content (AvgIpc) is 2.51. The van der Waals surface area contributed by atoms with Gasteiger partial charge in [-0.15, -0.1) is 0 Å². The molecular weight excluding hydrogens is 300 g/mol. The number of aryl methyl sites for hydroxylation is 1. The Kier molecular flexibility index (Phi) is 5.72. The maximum atomic E-state index is 12.2. The van der Waals surface area contributed by atoms with Crippen molar-refractivity contribution in [3.8, 4) is 0 Å². The summed E-state index contributed by atoms with van der Waals surface area (Å²) in [5.74, 6) is 0.170. The van der Waals surface area contributed by atoms with Gasteiger partial charge in [0.25, 0.3) is 5.91 Å². The smallest absolute Gasteiger partial charge is 0.274 e. The first kappa shape index (κ1) is 16.2. The standard InChI is InChI=1S/C16H19ClN4O/c1-3-4-8-18-16-19-9-7-14(21-16)15(22)20-12-6-5-11(2)13(17)10-12/h5-7,9-10H,3-4,8H2,1-2H3,(H,20,22)(H,18,19,21). The maximum absolute atomic E-state index is 12.2. The molecule has 1 aromatic carbocycles. The van der Waals surface area contributed by atoms with Gasteiger partial charge >= 0.3 is 0 Å². The summed E-state index contributed by atoms with van der Waals surface area (Å²) in [4.78, 5) is 20.5. The van der Waals surface area contributed by atoms with Gasteiger partial charge in [-0.25, -0.2) is 9.97 Å². The van der Waals surface area contributed by atoms with Gasteiger partial charge in [-0.3, -0.25) is 4.79 Å². The number of benzene rings is 1. The molecule has 116 valence electrons. The van der Waals surface area contributed by atoms with Crippen molar-refractivity contribution in [1.82, 2.24) is 9.97 Å². The Balaban J connectivity index is 2.05. The van der Waals surface area contributed by atoms with E-state index in [0.29, 0.717) is 22.4 Å². The maximum Gasteiger partial charge on any atom is 0.274 e. The molecule has 0 fully saturated rings. The third-order valence-corrected chi connectivity index (χ3v) is 3.54. The molecular formula is C16H19ClN4O. The summed E-state index contributed by atoms with van der Waals surface area (Å²) in [5, 5.41) is 6.49. The number of aromatic nitrogens is 2. The number of hydrogen-bond acceptors (Lipinski definition) is 4. The highest BCUT2D eigenvalue weighted by molar-refractivity contribution is 6.31. The zero-order chi connectivity index (χ0) is 15.9. The lowest BCUT2D eigenvalue weighted by Crippen LogP contribution is -2.15. The van der Waals surface area contributed by atoms with Crippen LogP contribution in [0.3, 0.4) is 0 Å². The predicted octanol–water partition coefficient (Wildman–Crippen LogP) is 3.90. The number of carbonyl (C=O) groups excluding carboxylic acids is 1. The second kappa shape index (κ2) is 7.75. The van der Waals surface area contributed by atoms with Crippen LogP contribution in [0.1, 0.15) is 35.8 Å². The molecule has 0 bridgehead atoms. The van der Waals surface area contributed by atoms with Crippen molar-refractivity contribution >= 4 is 29.1 Å². The van der Waals surface area contributed by atoms with Crippen LogP contribution in [0, 0.1) is 6.92 Å². The van der Waals surface area contributed by atoms with Gasteiger partial charge in [0.15, 0.2) is 0 Å². The Morgan fingerprint density at radius 2 is 2.14 bits per heavy atom. The third kappa shape index (κ3) is 4.43. The van der Waals surface area contributed by atoms with Gasteiger partial charge in [-0.2, -0.15) is 0 Å². The van der Waals surface area contributed by atoms with Gasteiger partial charge in [0.2, 0.25) is 5.95 Å². The largest absolute Gasteiger partial charge is 0.354 e. The van der Waals surface area contributed by atoms with E-state index in [1.165, 1.54) is 0 Å². The molecule has 0 saturated carbocycles. The van der Waals surface area contributed by atoms with Crippen LogP contribution in [0.4, 0.5) is 11.6 Å². The highest BCUT2D eigenvalue weighted by Gasteiger charge is 2.09. The number of nitrogens with zero attached hydrogens (tertiary/aromatic N) is 2. The monoisotopic (exact) mass is 318 g/mol. The lowest BCUT2D eigenvalue weighted by molar-refractivity contribution is 0.102. The molecule has 1 heterocycles. The highest BCUT2D eigenvalue weighted by atomic mass is 35.5. The molecule has 2 aromatic rings. The first-order valence-electron chi connectivity index (χ1n) is 7.24. The van der Waals surface area contributed by atoms with Crippen LogP contribution in [0.5, 0.6) is 0 Å². The van der Waals surface area contributed by atoms with Crippen LogP contribution in [-0.4, -0.2) is 22.4 Å². The topological polar surface area (TPSA) is 66.9 Å². The van der Waals surface area contributed by atoms with E-state index in [2.05, 4.69) is 27.5 Å². The SMILES string of the molecule is CCCCNc1nccc(C(=O)Nc2ccc(C)c(Cl)c2)n1. The fourth-order valence-corrected chi connectivity index (χ4v) is 1.99. The van der Waals surface area contributed by atoms with Crippen LogP contribution >= 0.6 is 11.6 Å². The van der Waals surface area contributed by atoms with Crippen molar-refractivity contribution in [1.29, 1.82) is 0 Å². The molecule has 22 heavy (non-hydrogen) atoms. The molecule has 2 N–H and O–H groups in total. The minimum absolute atomic E-state index is 0.291. The molecule has 0 atom stereocenters. The Bertz CT molecular complexity index is 660. The van der Waals surface area contributed by atoms with Gasteiger partial charge in [0.1, 0.15) is 5.69 Å². The van der Waals surface area contributed by atoms with Gasteiger partial charge < -0.3 is 10.6 Å². The van der Waals surface area contributed by atoms with Crippen molar-refractivity contribution in [2.75, 3.05) is 17.2 Å². The second-order valence-electron chi connectivity index (χ2n) is 4.96. The van der Waals surface area contributed by atoms with Crippen molar-refractivity contribution in [3.63, 3.8) is 0 Å². The Morgan fingerprint density at radius 1 is 1.32 bits per heavy atom. The summed E-state index contributed by atoms with van der Waals surface area (Å²) in [6.45, 7) is 4.81. The number of carbonyl (C=O) groups is 1. The van der Waals surface area contributed by atoms with Gasteiger partial charge in [-0.1, -0.05) is 31.0 Å². The van der Waals surface area contributed by atoms with Crippen LogP contribution in [0.15, 0.2) is 30.5 Å². The number of rotatable bonds is 6. The molecule has 6 heteroatoms. The zero-order valence-electron chi connectivity index (χ0n) is 12.7. The number of halogens is 1. The fraction of sp³-hybridized carbons (Fsp3) is 0.312. The minimum Gasteiger partial charge on any atom is -0.354 e. The van der Waals surface area contributed by atoms with Crippen LogP contribution in [0.25, 0.3) is 0 Å². The summed E-state index contributed by atoms with van der Waals surface area (Å²) in [6, 6.07) is 6.96.